The first-order valence-corrected chi connectivity index (χ1v) is 11.6. The van der Waals surface area contributed by atoms with Crippen LogP contribution in [0.15, 0.2) is 24.3 Å². The summed E-state index contributed by atoms with van der Waals surface area (Å²) >= 11 is 0. The van der Waals surface area contributed by atoms with Crippen molar-refractivity contribution >= 4 is 21.6 Å². The van der Waals surface area contributed by atoms with Gasteiger partial charge in [0.1, 0.15) is 11.9 Å². The van der Waals surface area contributed by atoms with Crippen LogP contribution in [0.1, 0.15) is 37.9 Å². The molecule has 1 N–H and O–H groups in total. The SMILES string of the molecule is CS(=O)(=O)N1CCCC1C(=O)Nc1ccc(-c2nnc3n2CCCCC3)cc1. The van der Waals surface area contributed by atoms with Crippen LogP contribution in [-0.2, 0) is 27.8 Å². The number of carbonyl (C=O) groups is 1. The van der Waals surface area contributed by atoms with Crippen LogP contribution in [0.2, 0.25) is 0 Å². The predicted octanol–water partition coefficient (Wildman–Crippen LogP) is 2.03. The number of hydrogen-bond donors (Lipinski definition) is 1. The summed E-state index contributed by atoms with van der Waals surface area (Å²) < 4.78 is 27.2. The van der Waals surface area contributed by atoms with Crippen LogP contribution in [0.3, 0.4) is 0 Å². The van der Waals surface area contributed by atoms with E-state index in [-0.39, 0.29) is 5.91 Å². The zero-order valence-corrected chi connectivity index (χ0v) is 16.8. The first-order chi connectivity index (χ1) is 13.4. The van der Waals surface area contributed by atoms with Gasteiger partial charge in [0.2, 0.25) is 15.9 Å². The van der Waals surface area contributed by atoms with Crippen molar-refractivity contribution in [2.24, 2.45) is 0 Å². The second-order valence-electron chi connectivity index (χ2n) is 7.50. The van der Waals surface area contributed by atoms with Crippen molar-refractivity contribution < 1.29 is 13.2 Å². The summed E-state index contributed by atoms with van der Waals surface area (Å²) in [4.78, 5) is 12.6. The Balaban J connectivity index is 1.48. The molecule has 8 nitrogen and oxygen atoms in total. The van der Waals surface area contributed by atoms with Crippen molar-refractivity contribution in [3.63, 3.8) is 0 Å². The number of carbonyl (C=O) groups excluding carboxylic acids is 1. The lowest BCUT2D eigenvalue weighted by Crippen LogP contribution is -2.42. The Labute approximate surface area is 165 Å². The topological polar surface area (TPSA) is 97.2 Å². The van der Waals surface area contributed by atoms with Crippen molar-refractivity contribution in [3.8, 4) is 11.4 Å². The molecule has 1 aromatic carbocycles. The van der Waals surface area contributed by atoms with E-state index in [0.29, 0.717) is 25.1 Å². The van der Waals surface area contributed by atoms with Gasteiger partial charge in [-0.2, -0.15) is 4.31 Å². The largest absolute Gasteiger partial charge is 0.325 e. The van der Waals surface area contributed by atoms with Gasteiger partial charge in [-0.15, -0.1) is 10.2 Å². The minimum Gasteiger partial charge on any atom is -0.325 e. The Morgan fingerprint density at radius 2 is 1.86 bits per heavy atom. The van der Waals surface area contributed by atoms with E-state index in [1.54, 1.807) is 0 Å². The molecule has 1 unspecified atom stereocenters. The second-order valence-corrected chi connectivity index (χ2v) is 9.44. The maximum atomic E-state index is 12.6. The second kappa shape index (κ2) is 7.63. The van der Waals surface area contributed by atoms with Crippen LogP contribution >= 0.6 is 0 Å². The van der Waals surface area contributed by atoms with Gasteiger partial charge in [-0.25, -0.2) is 8.42 Å². The monoisotopic (exact) mass is 403 g/mol. The van der Waals surface area contributed by atoms with Crippen molar-refractivity contribution in [2.75, 3.05) is 18.1 Å². The third kappa shape index (κ3) is 3.81. The normalized spacial score (nSPS) is 20.5. The summed E-state index contributed by atoms with van der Waals surface area (Å²) in [5.74, 6) is 1.60. The van der Waals surface area contributed by atoms with Crippen molar-refractivity contribution in [1.29, 1.82) is 0 Å². The molecule has 2 aromatic rings. The third-order valence-corrected chi connectivity index (χ3v) is 6.74. The lowest BCUT2D eigenvalue weighted by molar-refractivity contribution is -0.119. The summed E-state index contributed by atoms with van der Waals surface area (Å²) in [6.45, 7) is 1.33. The summed E-state index contributed by atoms with van der Waals surface area (Å²) in [5.41, 5.74) is 1.60. The number of amides is 1. The number of fused-ring (bicyclic) bond motifs is 1. The van der Waals surface area contributed by atoms with Crippen molar-refractivity contribution in [3.05, 3.63) is 30.1 Å². The lowest BCUT2D eigenvalue weighted by Gasteiger charge is -2.21. The fraction of sp³-hybridized carbons (Fsp3) is 0.526. The van der Waals surface area contributed by atoms with Crippen LogP contribution in [0.25, 0.3) is 11.4 Å². The van der Waals surface area contributed by atoms with E-state index in [2.05, 4.69) is 20.1 Å². The van der Waals surface area contributed by atoms with E-state index in [9.17, 15) is 13.2 Å². The summed E-state index contributed by atoms with van der Waals surface area (Å²) in [7, 11) is -3.38. The number of anilines is 1. The number of sulfonamides is 1. The van der Waals surface area contributed by atoms with Gasteiger partial charge >= 0.3 is 0 Å². The third-order valence-electron chi connectivity index (χ3n) is 5.45. The molecule has 1 amide bonds. The first-order valence-electron chi connectivity index (χ1n) is 9.74. The fourth-order valence-electron chi connectivity index (χ4n) is 4.03. The molecule has 1 atom stereocenters. The molecule has 2 aliphatic heterocycles. The molecule has 0 aliphatic carbocycles. The summed E-state index contributed by atoms with van der Waals surface area (Å²) in [5, 5.41) is 11.5. The molecule has 28 heavy (non-hydrogen) atoms. The van der Waals surface area contributed by atoms with Crippen molar-refractivity contribution in [1.82, 2.24) is 19.1 Å². The van der Waals surface area contributed by atoms with Gasteiger partial charge in [0.25, 0.3) is 0 Å². The highest BCUT2D eigenvalue weighted by Crippen LogP contribution is 2.25. The number of rotatable bonds is 4. The van der Waals surface area contributed by atoms with E-state index in [4.69, 9.17) is 0 Å². The van der Waals surface area contributed by atoms with E-state index < -0.39 is 16.1 Å². The van der Waals surface area contributed by atoms with E-state index >= 15 is 0 Å². The van der Waals surface area contributed by atoms with Gasteiger partial charge in [-0.05, 0) is 49.9 Å². The molecule has 0 spiro atoms. The van der Waals surface area contributed by atoms with Gasteiger partial charge in [0.05, 0.1) is 6.26 Å². The Kier molecular flexibility index (Phi) is 5.20. The highest BCUT2D eigenvalue weighted by molar-refractivity contribution is 7.88. The molecule has 150 valence electrons. The average Bonchev–Trinajstić information content (AvgIpc) is 3.25. The van der Waals surface area contributed by atoms with Gasteiger partial charge in [-0.1, -0.05) is 6.42 Å². The molecular weight excluding hydrogens is 378 g/mol. The Bertz CT molecular complexity index is 968. The Morgan fingerprint density at radius 1 is 1.07 bits per heavy atom. The van der Waals surface area contributed by atoms with Gasteiger partial charge in [0, 0.05) is 30.8 Å². The molecular formula is C19H25N5O3S. The highest BCUT2D eigenvalue weighted by atomic mass is 32.2. The molecule has 4 rings (SSSR count). The molecule has 0 bridgehead atoms. The lowest BCUT2D eigenvalue weighted by atomic mass is 10.1. The quantitative estimate of drug-likeness (QED) is 0.842. The Hall–Kier alpha value is -2.26. The number of aromatic nitrogens is 3. The zero-order chi connectivity index (χ0) is 19.7. The minimum absolute atomic E-state index is 0.285. The summed E-state index contributed by atoms with van der Waals surface area (Å²) in [6.07, 6.45) is 6.83. The number of benzene rings is 1. The highest BCUT2D eigenvalue weighted by Gasteiger charge is 2.36. The number of nitrogens with one attached hydrogen (secondary N) is 1. The van der Waals surface area contributed by atoms with E-state index in [1.165, 1.54) is 10.7 Å². The van der Waals surface area contributed by atoms with Crippen LogP contribution < -0.4 is 5.32 Å². The molecule has 1 aromatic heterocycles. The Morgan fingerprint density at radius 3 is 2.61 bits per heavy atom. The first kappa shape index (κ1) is 19.1. The predicted molar refractivity (Wildman–Crippen MR) is 106 cm³/mol. The zero-order valence-electron chi connectivity index (χ0n) is 16.0. The fourth-order valence-corrected chi connectivity index (χ4v) is 5.15. The van der Waals surface area contributed by atoms with Gasteiger partial charge in [-0.3, -0.25) is 4.79 Å². The molecule has 0 radical (unpaired) electrons. The van der Waals surface area contributed by atoms with Crippen molar-refractivity contribution in [2.45, 2.75) is 51.1 Å². The van der Waals surface area contributed by atoms with Crippen LogP contribution in [0.5, 0.6) is 0 Å². The molecule has 9 heteroatoms. The molecule has 1 saturated heterocycles. The maximum absolute atomic E-state index is 12.6. The standard InChI is InChI=1S/C19H25N5O3S/c1-28(26,27)24-13-5-6-16(24)19(25)20-15-10-8-14(9-11-15)18-22-21-17-7-3-2-4-12-23(17)18/h8-11,16H,2-7,12-13H2,1H3,(H,20,25). The summed E-state index contributed by atoms with van der Waals surface area (Å²) in [6, 6.07) is 6.85. The molecule has 3 heterocycles. The number of aryl methyl sites for hydroxylation is 1. The van der Waals surface area contributed by atoms with Crippen LogP contribution in [0.4, 0.5) is 5.69 Å². The molecule has 2 aliphatic rings. The van der Waals surface area contributed by atoms with Gasteiger partial charge in [0.15, 0.2) is 5.82 Å². The van der Waals surface area contributed by atoms with Gasteiger partial charge < -0.3 is 9.88 Å². The van der Waals surface area contributed by atoms with E-state index in [1.807, 2.05) is 24.3 Å². The number of hydrogen-bond acceptors (Lipinski definition) is 5. The van der Waals surface area contributed by atoms with Crippen LogP contribution in [-0.4, -0.2) is 52.2 Å². The minimum atomic E-state index is -3.38. The maximum Gasteiger partial charge on any atom is 0.242 e. The van der Waals surface area contributed by atoms with Crippen LogP contribution in [0, 0.1) is 0 Å². The molecule has 0 saturated carbocycles. The molecule has 1 fully saturated rings. The number of nitrogens with zero attached hydrogens (tertiary/aromatic N) is 4. The smallest absolute Gasteiger partial charge is 0.242 e. The van der Waals surface area contributed by atoms with E-state index in [0.717, 1.165) is 49.3 Å². The average molecular weight is 404 g/mol.